The highest BCUT2D eigenvalue weighted by molar-refractivity contribution is 5.95. The molecule has 0 radical (unpaired) electrons. The summed E-state index contributed by atoms with van der Waals surface area (Å²) in [5, 5.41) is 9.71. The summed E-state index contributed by atoms with van der Waals surface area (Å²) in [6, 6.07) is 4.90. The number of rotatable bonds is 3. The van der Waals surface area contributed by atoms with Crippen LogP contribution in [0.5, 0.6) is 5.75 Å². The number of phenols is 1. The highest BCUT2D eigenvalue weighted by Crippen LogP contribution is 2.22. The smallest absolute Gasteiger partial charge is 0.310 e. The molecule has 1 aromatic carbocycles. The van der Waals surface area contributed by atoms with Gasteiger partial charge in [0.1, 0.15) is 5.75 Å². The minimum absolute atomic E-state index is 0.111. The number of aryl methyl sites for hydroxylation is 1. The van der Waals surface area contributed by atoms with Gasteiger partial charge in [-0.15, -0.1) is 0 Å². The van der Waals surface area contributed by atoms with Crippen LogP contribution in [0, 0.1) is 12.8 Å². The number of hydrogen-bond donors (Lipinski definition) is 1. The van der Waals surface area contributed by atoms with E-state index in [2.05, 4.69) is 0 Å². The standard InChI is InChI=1S/C16H21NO4/c1-3-21-16(20)13-5-4-8-17(10-13)15(19)12-7-6-11(2)14(18)9-12/h6-7,9,13,18H,3-5,8,10H2,1-2H3/t13-/m0/s1. The van der Waals surface area contributed by atoms with Crippen molar-refractivity contribution < 1.29 is 19.4 Å². The normalized spacial score (nSPS) is 18.4. The molecule has 0 aromatic heterocycles. The molecular formula is C16H21NO4. The first-order chi connectivity index (χ1) is 10.0. The average molecular weight is 291 g/mol. The van der Waals surface area contributed by atoms with Gasteiger partial charge < -0.3 is 14.7 Å². The zero-order valence-electron chi connectivity index (χ0n) is 12.5. The van der Waals surface area contributed by atoms with Gasteiger partial charge in [-0.25, -0.2) is 0 Å². The van der Waals surface area contributed by atoms with Crippen LogP contribution in [0.1, 0.15) is 35.7 Å². The van der Waals surface area contributed by atoms with Crippen molar-refractivity contribution >= 4 is 11.9 Å². The lowest BCUT2D eigenvalue weighted by Gasteiger charge is -2.31. The van der Waals surface area contributed by atoms with Crippen molar-refractivity contribution in [1.29, 1.82) is 0 Å². The lowest BCUT2D eigenvalue weighted by molar-refractivity contribution is -0.149. The lowest BCUT2D eigenvalue weighted by atomic mass is 9.97. The van der Waals surface area contributed by atoms with Gasteiger partial charge in [0.25, 0.3) is 5.91 Å². The summed E-state index contributed by atoms with van der Waals surface area (Å²) in [4.78, 5) is 25.9. The molecule has 0 spiro atoms. The Morgan fingerprint density at radius 1 is 1.43 bits per heavy atom. The van der Waals surface area contributed by atoms with Gasteiger partial charge in [0.2, 0.25) is 0 Å². The van der Waals surface area contributed by atoms with Crippen molar-refractivity contribution in [2.45, 2.75) is 26.7 Å². The monoisotopic (exact) mass is 291 g/mol. The second-order valence-electron chi connectivity index (χ2n) is 5.34. The van der Waals surface area contributed by atoms with Gasteiger partial charge in [-0.05, 0) is 44.4 Å². The number of piperidine rings is 1. The molecule has 1 aliphatic rings. The molecular weight excluding hydrogens is 270 g/mol. The van der Waals surface area contributed by atoms with E-state index in [-0.39, 0.29) is 23.5 Å². The first-order valence-corrected chi connectivity index (χ1v) is 7.28. The number of aromatic hydroxyl groups is 1. The lowest BCUT2D eigenvalue weighted by Crippen LogP contribution is -2.42. The Labute approximate surface area is 124 Å². The molecule has 1 saturated heterocycles. The molecule has 1 amide bonds. The van der Waals surface area contributed by atoms with Crippen molar-refractivity contribution in [3.05, 3.63) is 29.3 Å². The van der Waals surface area contributed by atoms with Crippen LogP contribution < -0.4 is 0 Å². The maximum Gasteiger partial charge on any atom is 0.310 e. The van der Waals surface area contributed by atoms with Gasteiger partial charge in [-0.3, -0.25) is 9.59 Å². The number of nitrogens with zero attached hydrogens (tertiary/aromatic N) is 1. The second kappa shape index (κ2) is 6.61. The van der Waals surface area contributed by atoms with Gasteiger partial charge in [-0.2, -0.15) is 0 Å². The number of carbonyl (C=O) groups excluding carboxylic acids is 2. The van der Waals surface area contributed by atoms with E-state index in [9.17, 15) is 14.7 Å². The van der Waals surface area contributed by atoms with Crippen LogP contribution in [0.15, 0.2) is 18.2 Å². The Morgan fingerprint density at radius 3 is 2.86 bits per heavy atom. The number of phenolic OH excluding ortho intramolecular Hbond substituents is 1. The maximum atomic E-state index is 12.5. The zero-order valence-corrected chi connectivity index (χ0v) is 12.5. The number of likely N-dealkylation sites (tertiary alicyclic amines) is 1. The SMILES string of the molecule is CCOC(=O)[C@H]1CCCN(C(=O)c2ccc(C)c(O)c2)C1. The largest absolute Gasteiger partial charge is 0.508 e. The minimum Gasteiger partial charge on any atom is -0.508 e. The van der Waals surface area contributed by atoms with Gasteiger partial charge in [0.15, 0.2) is 0 Å². The molecule has 1 heterocycles. The topological polar surface area (TPSA) is 66.8 Å². The molecule has 0 unspecified atom stereocenters. The van der Waals surface area contributed by atoms with Crippen LogP contribution in [0.4, 0.5) is 0 Å². The first kappa shape index (κ1) is 15.4. The Balaban J connectivity index is 2.08. The highest BCUT2D eigenvalue weighted by Gasteiger charge is 2.29. The van der Waals surface area contributed by atoms with Crippen LogP contribution in [0.3, 0.4) is 0 Å². The fourth-order valence-electron chi connectivity index (χ4n) is 2.54. The predicted molar refractivity (Wildman–Crippen MR) is 78.1 cm³/mol. The third kappa shape index (κ3) is 3.54. The summed E-state index contributed by atoms with van der Waals surface area (Å²) < 4.78 is 5.03. The number of amides is 1. The van der Waals surface area contributed by atoms with Gasteiger partial charge in [0.05, 0.1) is 12.5 Å². The molecule has 2 rings (SSSR count). The summed E-state index contributed by atoms with van der Waals surface area (Å²) in [5.41, 5.74) is 1.18. The quantitative estimate of drug-likeness (QED) is 0.866. The van der Waals surface area contributed by atoms with E-state index in [1.807, 2.05) is 0 Å². The molecule has 1 aromatic rings. The molecule has 0 bridgehead atoms. The number of hydrogen-bond acceptors (Lipinski definition) is 4. The highest BCUT2D eigenvalue weighted by atomic mass is 16.5. The van der Waals surface area contributed by atoms with Crippen LogP contribution >= 0.6 is 0 Å². The Bertz CT molecular complexity index is 541. The molecule has 114 valence electrons. The van der Waals surface area contributed by atoms with E-state index >= 15 is 0 Å². The molecule has 0 aliphatic carbocycles. The Morgan fingerprint density at radius 2 is 2.19 bits per heavy atom. The van der Waals surface area contributed by atoms with E-state index < -0.39 is 0 Å². The predicted octanol–water partition coefficient (Wildman–Crippen LogP) is 2.12. The molecule has 5 heteroatoms. The maximum absolute atomic E-state index is 12.5. The average Bonchev–Trinajstić information content (AvgIpc) is 2.49. The van der Waals surface area contributed by atoms with Crippen molar-refractivity contribution in [3.8, 4) is 5.75 Å². The van der Waals surface area contributed by atoms with E-state index in [0.29, 0.717) is 25.3 Å². The summed E-state index contributed by atoms with van der Waals surface area (Å²) in [6.45, 7) is 4.92. The Kier molecular flexibility index (Phi) is 4.83. The van der Waals surface area contributed by atoms with E-state index in [0.717, 1.165) is 18.4 Å². The van der Waals surface area contributed by atoms with Crippen LogP contribution in [0.25, 0.3) is 0 Å². The van der Waals surface area contributed by atoms with Crippen LogP contribution in [-0.2, 0) is 9.53 Å². The molecule has 0 saturated carbocycles. The summed E-state index contributed by atoms with van der Waals surface area (Å²) in [7, 11) is 0. The summed E-state index contributed by atoms with van der Waals surface area (Å²) in [6.07, 6.45) is 1.54. The van der Waals surface area contributed by atoms with E-state index in [1.165, 1.54) is 6.07 Å². The Hall–Kier alpha value is -2.04. The fraction of sp³-hybridized carbons (Fsp3) is 0.500. The summed E-state index contributed by atoms with van der Waals surface area (Å²) in [5.74, 6) is -0.525. The molecule has 1 fully saturated rings. The fourth-order valence-corrected chi connectivity index (χ4v) is 2.54. The second-order valence-corrected chi connectivity index (χ2v) is 5.34. The molecule has 1 aliphatic heterocycles. The molecule has 1 atom stereocenters. The van der Waals surface area contributed by atoms with Crippen molar-refractivity contribution in [3.63, 3.8) is 0 Å². The van der Waals surface area contributed by atoms with Crippen molar-refractivity contribution in [1.82, 2.24) is 4.90 Å². The zero-order chi connectivity index (χ0) is 15.4. The molecule has 1 N–H and O–H groups in total. The van der Waals surface area contributed by atoms with Crippen molar-refractivity contribution in [2.24, 2.45) is 5.92 Å². The van der Waals surface area contributed by atoms with Gasteiger partial charge >= 0.3 is 5.97 Å². The minimum atomic E-state index is -0.248. The molecule has 5 nitrogen and oxygen atoms in total. The van der Waals surface area contributed by atoms with Gasteiger partial charge in [-0.1, -0.05) is 6.07 Å². The number of ether oxygens (including phenoxy) is 1. The van der Waals surface area contributed by atoms with E-state index in [4.69, 9.17) is 4.74 Å². The third-order valence-electron chi connectivity index (χ3n) is 3.78. The van der Waals surface area contributed by atoms with Crippen LogP contribution in [-0.4, -0.2) is 41.6 Å². The number of benzene rings is 1. The van der Waals surface area contributed by atoms with Crippen LogP contribution in [0.2, 0.25) is 0 Å². The summed E-state index contributed by atoms with van der Waals surface area (Å²) >= 11 is 0. The van der Waals surface area contributed by atoms with Gasteiger partial charge in [0, 0.05) is 18.7 Å². The number of carbonyl (C=O) groups is 2. The number of esters is 1. The first-order valence-electron chi connectivity index (χ1n) is 7.28. The third-order valence-corrected chi connectivity index (χ3v) is 3.78. The van der Waals surface area contributed by atoms with Crippen molar-refractivity contribution in [2.75, 3.05) is 19.7 Å². The molecule has 21 heavy (non-hydrogen) atoms. The van der Waals surface area contributed by atoms with E-state index in [1.54, 1.807) is 30.9 Å².